The van der Waals surface area contributed by atoms with Crippen LogP contribution in [0.2, 0.25) is 0 Å². The summed E-state index contributed by atoms with van der Waals surface area (Å²) in [6.07, 6.45) is 0.793. The van der Waals surface area contributed by atoms with E-state index in [1.807, 2.05) is 60.6 Å². The van der Waals surface area contributed by atoms with Crippen LogP contribution in [0.1, 0.15) is 37.4 Å². The van der Waals surface area contributed by atoms with Gasteiger partial charge in [0.1, 0.15) is 0 Å². The molecule has 8 heteroatoms. The van der Waals surface area contributed by atoms with Crippen LogP contribution in [0.15, 0.2) is 100 Å². The maximum Gasteiger partial charge on any atom is 0.243 e. The van der Waals surface area contributed by atoms with Crippen molar-refractivity contribution in [1.82, 2.24) is 9.29 Å². The molecule has 36 heavy (non-hydrogen) atoms. The van der Waals surface area contributed by atoms with Crippen LogP contribution in [0.4, 0.5) is 5.13 Å². The summed E-state index contributed by atoms with van der Waals surface area (Å²) in [7, 11) is -3.49. The smallest absolute Gasteiger partial charge is 0.231 e. The highest BCUT2D eigenvalue weighted by Gasteiger charge is 2.31. The fourth-order valence-electron chi connectivity index (χ4n) is 4.44. The molecule has 5 rings (SSSR count). The zero-order valence-electron chi connectivity index (χ0n) is 20.3. The third-order valence-electron chi connectivity index (χ3n) is 6.38. The molecule has 1 aliphatic heterocycles. The summed E-state index contributed by atoms with van der Waals surface area (Å²) in [6, 6.07) is 27.7. The summed E-state index contributed by atoms with van der Waals surface area (Å²) < 4.78 is 27.1. The highest BCUT2D eigenvalue weighted by Crippen LogP contribution is 2.39. The summed E-state index contributed by atoms with van der Waals surface area (Å²) >= 11 is 1.54. The quantitative estimate of drug-likeness (QED) is 0.280. The Labute approximate surface area is 216 Å². The number of aromatic nitrogens is 1. The van der Waals surface area contributed by atoms with Crippen molar-refractivity contribution >= 4 is 32.2 Å². The van der Waals surface area contributed by atoms with Crippen molar-refractivity contribution in [2.24, 2.45) is 5.10 Å². The first kappa shape index (κ1) is 24.4. The van der Waals surface area contributed by atoms with Gasteiger partial charge < -0.3 is 0 Å². The lowest BCUT2D eigenvalue weighted by Crippen LogP contribution is -2.30. The van der Waals surface area contributed by atoms with Gasteiger partial charge in [-0.25, -0.2) is 18.4 Å². The van der Waals surface area contributed by atoms with Crippen molar-refractivity contribution in [2.75, 3.05) is 18.1 Å². The predicted octanol–water partition coefficient (Wildman–Crippen LogP) is 6.20. The van der Waals surface area contributed by atoms with Crippen molar-refractivity contribution in [3.8, 4) is 11.3 Å². The number of benzene rings is 3. The lowest BCUT2D eigenvalue weighted by atomic mass is 9.99. The first-order valence-electron chi connectivity index (χ1n) is 12.0. The molecule has 0 fully saturated rings. The van der Waals surface area contributed by atoms with E-state index in [4.69, 9.17) is 10.1 Å². The Morgan fingerprint density at radius 1 is 0.889 bits per heavy atom. The van der Waals surface area contributed by atoms with Crippen LogP contribution in [-0.2, 0) is 10.0 Å². The zero-order chi connectivity index (χ0) is 25.1. The Hall–Kier alpha value is -3.33. The monoisotopic (exact) mass is 516 g/mol. The molecule has 0 saturated heterocycles. The first-order valence-corrected chi connectivity index (χ1v) is 14.4. The molecule has 0 bridgehead atoms. The normalized spacial score (nSPS) is 15.9. The molecule has 1 aliphatic rings. The van der Waals surface area contributed by atoms with Crippen LogP contribution >= 0.6 is 11.3 Å². The van der Waals surface area contributed by atoms with E-state index >= 15 is 0 Å². The van der Waals surface area contributed by atoms with Crippen molar-refractivity contribution in [2.45, 2.75) is 31.2 Å². The van der Waals surface area contributed by atoms with Gasteiger partial charge in [0, 0.05) is 30.5 Å². The lowest BCUT2D eigenvalue weighted by Gasteiger charge is -2.21. The van der Waals surface area contributed by atoms with Crippen molar-refractivity contribution < 1.29 is 8.42 Å². The number of nitrogens with zero attached hydrogens (tertiary/aromatic N) is 4. The van der Waals surface area contributed by atoms with E-state index in [0.717, 1.165) is 34.1 Å². The van der Waals surface area contributed by atoms with Crippen LogP contribution in [0, 0.1) is 0 Å². The third-order valence-corrected chi connectivity index (χ3v) is 9.28. The van der Waals surface area contributed by atoms with Crippen LogP contribution in [0.25, 0.3) is 11.3 Å². The molecule has 0 aliphatic carbocycles. The van der Waals surface area contributed by atoms with E-state index in [1.165, 1.54) is 9.87 Å². The summed E-state index contributed by atoms with van der Waals surface area (Å²) in [5.41, 5.74) is 5.01. The second-order valence-electron chi connectivity index (χ2n) is 8.52. The average Bonchev–Trinajstić information content (AvgIpc) is 3.58. The second-order valence-corrected chi connectivity index (χ2v) is 11.3. The van der Waals surface area contributed by atoms with Gasteiger partial charge in [-0.15, -0.1) is 11.3 Å². The molecule has 2 heterocycles. The Bertz CT molecular complexity index is 1450. The molecule has 0 N–H and O–H groups in total. The standard InChI is InChI=1S/C28H28N4O2S2/c1-3-31(4-2)36(33,34)24-17-15-22(16-18-24)26-20-35-28(29-26)32-27(23-13-9-6-10-14-23)19-25(30-32)21-11-7-5-8-12-21/h5-18,20,27H,3-4,19H2,1-2H3. The Balaban J connectivity index is 1.45. The van der Waals surface area contributed by atoms with Crippen molar-refractivity contribution in [3.05, 3.63) is 101 Å². The maximum absolute atomic E-state index is 12.8. The topological polar surface area (TPSA) is 65.9 Å². The highest BCUT2D eigenvalue weighted by atomic mass is 32.2. The van der Waals surface area contributed by atoms with Gasteiger partial charge in [0.2, 0.25) is 15.2 Å². The summed E-state index contributed by atoms with van der Waals surface area (Å²) in [5, 5.41) is 9.82. The number of anilines is 1. The van der Waals surface area contributed by atoms with Crippen molar-refractivity contribution in [3.63, 3.8) is 0 Å². The average molecular weight is 517 g/mol. The largest absolute Gasteiger partial charge is 0.243 e. The van der Waals surface area contributed by atoms with Gasteiger partial charge >= 0.3 is 0 Å². The summed E-state index contributed by atoms with van der Waals surface area (Å²) in [6.45, 7) is 4.58. The van der Waals surface area contributed by atoms with Gasteiger partial charge in [0.15, 0.2) is 0 Å². The molecule has 0 amide bonds. The molecule has 1 atom stereocenters. The van der Waals surface area contributed by atoms with E-state index in [2.05, 4.69) is 36.4 Å². The highest BCUT2D eigenvalue weighted by molar-refractivity contribution is 7.89. The minimum absolute atomic E-state index is 0.0574. The van der Waals surface area contributed by atoms with E-state index in [1.54, 1.807) is 23.5 Å². The summed E-state index contributed by atoms with van der Waals surface area (Å²) in [5.74, 6) is 0. The van der Waals surface area contributed by atoms with Crippen LogP contribution in [0.3, 0.4) is 0 Å². The fraction of sp³-hybridized carbons (Fsp3) is 0.214. The Morgan fingerprint density at radius 3 is 2.17 bits per heavy atom. The van der Waals surface area contributed by atoms with Gasteiger partial charge in [0.25, 0.3) is 0 Å². The molecule has 3 aromatic carbocycles. The number of hydrogen-bond donors (Lipinski definition) is 0. The molecule has 4 aromatic rings. The molecular formula is C28H28N4O2S2. The van der Waals surface area contributed by atoms with E-state index < -0.39 is 10.0 Å². The number of hydrogen-bond acceptors (Lipinski definition) is 6. The SMILES string of the molecule is CCN(CC)S(=O)(=O)c1ccc(-c2csc(N3N=C(c4ccccc4)CC3c3ccccc3)n2)cc1. The second kappa shape index (κ2) is 10.3. The van der Waals surface area contributed by atoms with E-state index in [9.17, 15) is 8.42 Å². The van der Waals surface area contributed by atoms with Gasteiger partial charge in [-0.2, -0.15) is 9.41 Å². The van der Waals surface area contributed by atoms with Crippen LogP contribution < -0.4 is 5.01 Å². The maximum atomic E-state index is 12.8. The number of thiazole rings is 1. The zero-order valence-corrected chi connectivity index (χ0v) is 21.9. The number of hydrazone groups is 1. The van der Waals surface area contributed by atoms with Crippen LogP contribution in [0.5, 0.6) is 0 Å². The van der Waals surface area contributed by atoms with Crippen molar-refractivity contribution in [1.29, 1.82) is 0 Å². The minimum Gasteiger partial charge on any atom is -0.231 e. The molecule has 0 spiro atoms. The molecule has 1 aromatic heterocycles. The molecular weight excluding hydrogens is 488 g/mol. The Morgan fingerprint density at radius 2 is 1.53 bits per heavy atom. The molecule has 1 unspecified atom stereocenters. The van der Waals surface area contributed by atoms with Gasteiger partial charge in [-0.05, 0) is 23.3 Å². The first-order chi connectivity index (χ1) is 17.5. The molecule has 0 saturated carbocycles. The molecule has 6 nitrogen and oxygen atoms in total. The van der Waals surface area contributed by atoms with E-state index in [0.29, 0.717) is 18.0 Å². The molecule has 0 radical (unpaired) electrons. The molecule has 184 valence electrons. The van der Waals surface area contributed by atoms with Crippen LogP contribution in [-0.4, -0.2) is 36.5 Å². The Kier molecular flexibility index (Phi) is 7.00. The summed E-state index contributed by atoms with van der Waals surface area (Å²) in [4.78, 5) is 5.20. The predicted molar refractivity (Wildman–Crippen MR) is 147 cm³/mol. The van der Waals surface area contributed by atoms with E-state index in [-0.39, 0.29) is 6.04 Å². The number of sulfonamides is 1. The minimum atomic E-state index is -3.49. The van der Waals surface area contributed by atoms with Gasteiger partial charge in [-0.3, -0.25) is 0 Å². The lowest BCUT2D eigenvalue weighted by molar-refractivity contribution is 0.445. The van der Waals surface area contributed by atoms with Gasteiger partial charge in [0.05, 0.1) is 22.3 Å². The van der Waals surface area contributed by atoms with Gasteiger partial charge in [-0.1, -0.05) is 86.6 Å². The fourth-order valence-corrected chi connectivity index (χ4v) is 6.73. The number of rotatable bonds is 8. The third kappa shape index (κ3) is 4.72.